The van der Waals surface area contributed by atoms with Gasteiger partial charge in [-0.1, -0.05) is 19.1 Å². The second kappa shape index (κ2) is 5.45. The molecule has 2 aromatic rings. The summed E-state index contributed by atoms with van der Waals surface area (Å²) >= 11 is 0. The van der Waals surface area contributed by atoms with Gasteiger partial charge in [-0.05, 0) is 42.7 Å². The van der Waals surface area contributed by atoms with Crippen LogP contribution in [0.2, 0.25) is 0 Å². The van der Waals surface area contributed by atoms with Crippen LogP contribution in [-0.4, -0.2) is 4.98 Å². The van der Waals surface area contributed by atoms with Crippen molar-refractivity contribution >= 4 is 0 Å². The van der Waals surface area contributed by atoms with Crippen LogP contribution in [-0.2, 0) is 12.0 Å². The molecule has 0 bridgehead atoms. The van der Waals surface area contributed by atoms with E-state index in [1.807, 2.05) is 6.92 Å². The van der Waals surface area contributed by atoms with Crippen LogP contribution in [0.3, 0.4) is 0 Å². The van der Waals surface area contributed by atoms with Crippen molar-refractivity contribution in [2.75, 3.05) is 0 Å². The van der Waals surface area contributed by atoms with E-state index in [4.69, 9.17) is 5.73 Å². The molecule has 4 heteroatoms. The highest BCUT2D eigenvalue weighted by Gasteiger charge is 2.27. The lowest BCUT2D eigenvalue weighted by Gasteiger charge is -2.27. The lowest BCUT2D eigenvalue weighted by atomic mass is 9.86. The Labute approximate surface area is 111 Å². The molecule has 1 heterocycles. The smallest absolute Gasteiger partial charge is 0.141 e. The van der Waals surface area contributed by atoms with E-state index in [1.165, 1.54) is 18.2 Å². The van der Waals surface area contributed by atoms with Gasteiger partial charge in [0.15, 0.2) is 0 Å². The molecule has 2 rings (SSSR count). The van der Waals surface area contributed by atoms with Crippen molar-refractivity contribution in [2.45, 2.75) is 25.3 Å². The molecule has 1 aromatic heterocycles. The zero-order valence-corrected chi connectivity index (χ0v) is 10.7. The molecule has 0 saturated heterocycles. The molecule has 0 saturated carbocycles. The maximum atomic E-state index is 12.9. The van der Waals surface area contributed by atoms with Gasteiger partial charge in [0.25, 0.3) is 0 Å². The SMILES string of the molecule is CCC(N)(Cc1ccc(F)cc1)c1ccc(F)cn1. The third-order valence-corrected chi connectivity index (χ3v) is 3.30. The van der Waals surface area contributed by atoms with Crippen molar-refractivity contribution in [1.82, 2.24) is 4.98 Å². The second-order valence-electron chi connectivity index (χ2n) is 4.67. The number of nitrogens with zero attached hydrogens (tertiary/aromatic N) is 1. The first kappa shape index (κ1) is 13.6. The Hall–Kier alpha value is -1.81. The fraction of sp³-hybridized carbons (Fsp3) is 0.267. The molecule has 1 atom stereocenters. The summed E-state index contributed by atoms with van der Waals surface area (Å²) in [4.78, 5) is 4.06. The molecule has 0 amide bonds. The van der Waals surface area contributed by atoms with Gasteiger partial charge in [0.05, 0.1) is 17.4 Å². The van der Waals surface area contributed by atoms with Crippen LogP contribution >= 0.6 is 0 Å². The number of hydrogen-bond acceptors (Lipinski definition) is 2. The van der Waals surface area contributed by atoms with E-state index in [0.29, 0.717) is 18.5 Å². The number of aromatic nitrogens is 1. The Balaban J connectivity index is 2.27. The average Bonchev–Trinajstić information content (AvgIpc) is 2.42. The van der Waals surface area contributed by atoms with E-state index < -0.39 is 5.54 Å². The lowest BCUT2D eigenvalue weighted by molar-refractivity contribution is 0.410. The van der Waals surface area contributed by atoms with Gasteiger partial charge < -0.3 is 5.73 Å². The molecule has 1 aromatic carbocycles. The van der Waals surface area contributed by atoms with E-state index in [0.717, 1.165) is 11.8 Å². The van der Waals surface area contributed by atoms with Crippen molar-refractivity contribution < 1.29 is 8.78 Å². The van der Waals surface area contributed by atoms with Crippen molar-refractivity contribution in [2.24, 2.45) is 5.73 Å². The zero-order chi connectivity index (χ0) is 13.9. The van der Waals surface area contributed by atoms with Gasteiger partial charge in [-0.3, -0.25) is 4.98 Å². The largest absolute Gasteiger partial charge is 0.320 e. The van der Waals surface area contributed by atoms with Crippen molar-refractivity contribution in [3.8, 4) is 0 Å². The van der Waals surface area contributed by atoms with Crippen LogP contribution in [0.5, 0.6) is 0 Å². The Morgan fingerprint density at radius 3 is 2.21 bits per heavy atom. The van der Waals surface area contributed by atoms with Crippen LogP contribution in [0.1, 0.15) is 24.6 Å². The van der Waals surface area contributed by atoms with Gasteiger partial charge in [-0.2, -0.15) is 0 Å². The van der Waals surface area contributed by atoms with Gasteiger partial charge in [0, 0.05) is 0 Å². The Bertz CT molecular complexity index is 537. The first-order valence-corrected chi connectivity index (χ1v) is 6.19. The highest BCUT2D eigenvalue weighted by atomic mass is 19.1. The number of halogens is 2. The molecule has 0 fully saturated rings. The zero-order valence-electron chi connectivity index (χ0n) is 10.7. The van der Waals surface area contributed by atoms with Gasteiger partial charge in [-0.15, -0.1) is 0 Å². The third-order valence-electron chi connectivity index (χ3n) is 3.30. The average molecular weight is 262 g/mol. The summed E-state index contributed by atoms with van der Waals surface area (Å²) in [5.41, 5.74) is 7.25. The highest BCUT2D eigenvalue weighted by Crippen LogP contribution is 2.25. The van der Waals surface area contributed by atoms with Crippen molar-refractivity contribution in [3.05, 3.63) is 65.5 Å². The molecule has 0 radical (unpaired) electrons. The summed E-state index contributed by atoms with van der Waals surface area (Å²) in [5.74, 6) is -0.660. The van der Waals surface area contributed by atoms with E-state index >= 15 is 0 Å². The first-order chi connectivity index (χ1) is 9.03. The Kier molecular flexibility index (Phi) is 3.90. The summed E-state index contributed by atoms with van der Waals surface area (Å²) < 4.78 is 25.8. The molecular formula is C15H16F2N2. The van der Waals surface area contributed by atoms with Crippen molar-refractivity contribution in [3.63, 3.8) is 0 Å². The highest BCUT2D eigenvalue weighted by molar-refractivity contribution is 5.24. The summed E-state index contributed by atoms with van der Waals surface area (Å²) in [6.07, 6.45) is 2.35. The molecule has 2 N–H and O–H groups in total. The quantitative estimate of drug-likeness (QED) is 0.919. The molecule has 0 aliphatic rings. The van der Waals surface area contributed by atoms with Crippen LogP contribution < -0.4 is 5.73 Å². The van der Waals surface area contributed by atoms with Crippen molar-refractivity contribution in [1.29, 1.82) is 0 Å². The molecule has 100 valence electrons. The maximum absolute atomic E-state index is 12.9. The summed E-state index contributed by atoms with van der Waals surface area (Å²) in [7, 11) is 0. The standard InChI is InChI=1S/C15H16F2N2/c1-2-15(18,14-8-7-13(17)10-19-14)9-11-3-5-12(16)6-4-11/h3-8,10H,2,9,18H2,1H3. The van der Waals surface area contributed by atoms with Gasteiger partial charge in [0.1, 0.15) is 11.6 Å². The van der Waals surface area contributed by atoms with Gasteiger partial charge in [-0.25, -0.2) is 8.78 Å². The number of rotatable bonds is 4. The third kappa shape index (κ3) is 3.15. The maximum Gasteiger partial charge on any atom is 0.141 e. The van der Waals surface area contributed by atoms with E-state index in [9.17, 15) is 8.78 Å². The summed E-state index contributed by atoms with van der Waals surface area (Å²) in [5, 5.41) is 0. The topological polar surface area (TPSA) is 38.9 Å². The Morgan fingerprint density at radius 2 is 1.68 bits per heavy atom. The predicted octanol–water partition coefficient (Wildman–Crippen LogP) is 3.17. The molecule has 0 aliphatic carbocycles. The van der Waals surface area contributed by atoms with Gasteiger partial charge in [0.2, 0.25) is 0 Å². The Morgan fingerprint density at radius 1 is 1.05 bits per heavy atom. The van der Waals surface area contributed by atoms with Gasteiger partial charge >= 0.3 is 0 Å². The normalized spacial score (nSPS) is 14.1. The molecule has 1 unspecified atom stereocenters. The molecular weight excluding hydrogens is 246 g/mol. The van der Waals surface area contributed by atoms with Crippen LogP contribution in [0.4, 0.5) is 8.78 Å². The minimum absolute atomic E-state index is 0.275. The number of pyridine rings is 1. The predicted molar refractivity (Wildman–Crippen MR) is 70.5 cm³/mol. The van der Waals surface area contributed by atoms with Crippen LogP contribution in [0, 0.1) is 11.6 Å². The van der Waals surface area contributed by atoms with E-state index in [-0.39, 0.29) is 11.6 Å². The fourth-order valence-corrected chi connectivity index (χ4v) is 2.03. The second-order valence-corrected chi connectivity index (χ2v) is 4.67. The first-order valence-electron chi connectivity index (χ1n) is 6.19. The lowest BCUT2D eigenvalue weighted by Crippen LogP contribution is -2.39. The van der Waals surface area contributed by atoms with Crippen LogP contribution in [0.15, 0.2) is 42.6 Å². The molecule has 2 nitrogen and oxygen atoms in total. The minimum atomic E-state index is -0.675. The number of hydrogen-bond donors (Lipinski definition) is 1. The summed E-state index contributed by atoms with van der Waals surface area (Å²) in [6, 6.07) is 9.17. The minimum Gasteiger partial charge on any atom is -0.320 e. The monoisotopic (exact) mass is 262 g/mol. The van der Waals surface area contributed by atoms with E-state index in [2.05, 4.69) is 4.98 Å². The number of benzene rings is 1. The number of nitrogens with two attached hydrogens (primary N) is 1. The summed E-state index contributed by atoms with van der Waals surface area (Å²) in [6.45, 7) is 1.95. The molecule has 0 aliphatic heterocycles. The fourth-order valence-electron chi connectivity index (χ4n) is 2.03. The molecule has 19 heavy (non-hydrogen) atoms. The van der Waals surface area contributed by atoms with Crippen LogP contribution in [0.25, 0.3) is 0 Å². The van der Waals surface area contributed by atoms with E-state index in [1.54, 1.807) is 18.2 Å². The molecule has 0 spiro atoms.